The van der Waals surface area contributed by atoms with Crippen molar-refractivity contribution in [3.63, 3.8) is 0 Å². The lowest BCUT2D eigenvalue weighted by molar-refractivity contribution is 0.143. The van der Waals surface area contributed by atoms with Crippen LogP contribution < -0.4 is 0 Å². The molecule has 1 fully saturated rings. The lowest BCUT2D eigenvalue weighted by atomic mass is 9.69. The molecule has 0 nitrogen and oxygen atoms in total. The average Bonchev–Trinajstić information content (AvgIpc) is 2.09. The van der Waals surface area contributed by atoms with Gasteiger partial charge in [0.1, 0.15) is 0 Å². The van der Waals surface area contributed by atoms with E-state index in [0.717, 1.165) is 5.92 Å². The summed E-state index contributed by atoms with van der Waals surface area (Å²) in [6.45, 7) is 11.2. The van der Waals surface area contributed by atoms with Crippen LogP contribution in [0, 0.1) is 11.3 Å². The maximum absolute atomic E-state index is 2.46. The molecular weight excluding hydrogens is 156 g/mol. The minimum absolute atomic E-state index is 0. The molecule has 1 rings (SSSR count). The van der Waals surface area contributed by atoms with E-state index >= 15 is 0 Å². The molecule has 1 saturated carbocycles. The Kier molecular flexibility index (Phi) is 8.82. The second kappa shape index (κ2) is 7.41. The van der Waals surface area contributed by atoms with Gasteiger partial charge in [-0.25, -0.2) is 0 Å². The number of rotatable bonds is 1. The summed E-state index contributed by atoms with van der Waals surface area (Å²) in [5, 5.41) is 0. The second-order valence-electron chi connectivity index (χ2n) is 4.37. The Morgan fingerprint density at radius 2 is 1.31 bits per heavy atom. The topological polar surface area (TPSA) is 0 Å². The summed E-state index contributed by atoms with van der Waals surface area (Å²) < 4.78 is 0. The third-order valence-corrected chi connectivity index (χ3v) is 3.39. The molecule has 0 aliphatic heterocycles. The van der Waals surface area contributed by atoms with Crippen LogP contribution in [0.15, 0.2) is 0 Å². The highest BCUT2D eigenvalue weighted by molar-refractivity contribution is 4.80. The summed E-state index contributed by atoms with van der Waals surface area (Å²) in [5.41, 5.74) is 0.679. The first-order chi connectivity index (χ1) is 5.65. The fraction of sp³-hybridized carbons (Fsp3) is 1.00. The smallest absolute Gasteiger partial charge is 0.0303 e. The predicted molar refractivity (Wildman–Crippen MR) is 64.1 cm³/mol. The van der Waals surface area contributed by atoms with Gasteiger partial charge in [-0.05, 0) is 24.2 Å². The minimum Gasteiger partial charge on any atom is -0.0776 e. The highest BCUT2D eigenvalue weighted by Gasteiger charge is 2.29. The maximum atomic E-state index is 2.46. The van der Waals surface area contributed by atoms with Gasteiger partial charge in [-0.1, -0.05) is 61.3 Å². The molecule has 0 atom stereocenters. The molecule has 0 heterocycles. The standard InChI is InChI=1S/C10H20.C2H6.CH4/c1-9(2)10(3)7-5-4-6-8-10;1-2;/h9H,4-8H2,1-3H3;1-2H3;1H4. The molecule has 1 aliphatic rings. The van der Waals surface area contributed by atoms with Crippen molar-refractivity contribution in [2.24, 2.45) is 11.3 Å². The van der Waals surface area contributed by atoms with Crippen LogP contribution in [0.1, 0.15) is 74.1 Å². The Morgan fingerprint density at radius 1 is 0.923 bits per heavy atom. The molecule has 0 bridgehead atoms. The van der Waals surface area contributed by atoms with Gasteiger partial charge in [-0.2, -0.15) is 0 Å². The van der Waals surface area contributed by atoms with Crippen LogP contribution in [0.5, 0.6) is 0 Å². The van der Waals surface area contributed by atoms with Crippen molar-refractivity contribution < 1.29 is 0 Å². The van der Waals surface area contributed by atoms with Crippen LogP contribution >= 0.6 is 0 Å². The van der Waals surface area contributed by atoms with Crippen molar-refractivity contribution in [1.82, 2.24) is 0 Å². The van der Waals surface area contributed by atoms with E-state index in [2.05, 4.69) is 20.8 Å². The Hall–Kier alpha value is 0. The van der Waals surface area contributed by atoms with Gasteiger partial charge in [-0.15, -0.1) is 0 Å². The van der Waals surface area contributed by atoms with Crippen LogP contribution in [-0.2, 0) is 0 Å². The highest BCUT2D eigenvalue weighted by atomic mass is 14.3. The average molecular weight is 186 g/mol. The molecule has 0 aromatic rings. The molecule has 0 heteroatoms. The van der Waals surface area contributed by atoms with E-state index in [-0.39, 0.29) is 7.43 Å². The monoisotopic (exact) mass is 186 g/mol. The van der Waals surface area contributed by atoms with Crippen molar-refractivity contribution in [1.29, 1.82) is 0 Å². The van der Waals surface area contributed by atoms with Gasteiger partial charge in [0.05, 0.1) is 0 Å². The van der Waals surface area contributed by atoms with E-state index in [9.17, 15) is 0 Å². The van der Waals surface area contributed by atoms with E-state index in [4.69, 9.17) is 0 Å². The Labute approximate surface area is 86.1 Å². The third kappa shape index (κ3) is 4.69. The third-order valence-electron chi connectivity index (χ3n) is 3.39. The summed E-state index contributed by atoms with van der Waals surface area (Å²) in [5.74, 6) is 0.882. The van der Waals surface area contributed by atoms with Crippen LogP contribution in [-0.4, -0.2) is 0 Å². The van der Waals surface area contributed by atoms with Crippen molar-refractivity contribution in [3.05, 3.63) is 0 Å². The Bertz CT molecular complexity index is 96.6. The van der Waals surface area contributed by atoms with Crippen LogP contribution in [0.2, 0.25) is 0 Å². The first-order valence-electron chi connectivity index (χ1n) is 5.65. The molecule has 0 saturated heterocycles. The summed E-state index contributed by atoms with van der Waals surface area (Å²) in [6.07, 6.45) is 7.33. The molecule has 0 spiro atoms. The molecule has 0 N–H and O–H groups in total. The summed E-state index contributed by atoms with van der Waals surface area (Å²) in [6, 6.07) is 0. The van der Waals surface area contributed by atoms with E-state index in [0.29, 0.717) is 5.41 Å². The van der Waals surface area contributed by atoms with E-state index < -0.39 is 0 Å². The molecular formula is C13H30. The predicted octanol–water partition coefficient (Wildman–Crippen LogP) is 5.28. The first kappa shape index (κ1) is 15.5. The van der Waals surface area contributed by atoms with Gasteiger partial charge in [0.15, 0.2) is 0 Å². The van der Waals surface area contributed by atoms with Crippen LogP contribution in [0.4, 0.5) is 0 Å². The number of hydrogen-bond acceptors (Lipinski definition) is 0. The molecule has 0 radical (unpaired) electrons. The van der Waals surface area contributed by atoms with Crippen molar-refractivity contribution in [3.8, 4) is 0 Å². The Balaban J connectivity index is 0. The van der Waals surface area contributed by atoms with Crippen molar-refractivity contribution in [2.45, 2.75) is 74.1 Å². The maximum Gasteiger partial charge on any atom is -0.0303 e. The van der Waals surface area contributed by atoms with Gasteiger partial charge in [0.25, 0.3) is 0 Å². The fourth-order valence-electron chi connectivity index (χ4n) is 1.94. The Morgan fingerprint density at radius 3 is 1.54 bits per heavy atom. The minimum atomic E-state index is 0. The summed E-state index contributed by atoms with van der Waals surface area (Å²) in [4.78, 5) is 0. The molecule has 13 heavy (non-hydrogen) atoms. The summed E-state index contributed by atoms with van der Waals surface area (Å²) in [7, 11) is 0. The van der Waals surface area contributed by atoms with Gasteiger partial charge in [0, 0.05) is 0 Å². The van der Waals surface area contributed by atoms with Gasteiger partial charge in [-0.3, -0.25) is 0 Å². The molecule has 0 unspecified atom stereocenters. The number of hydrogen-bond donors (Lipinski definition) is 0. The summed E-state index contributed by atoms with van der Waals surface area (Å²) >= 11 is 0. The second-order valence-corrected chi connectivity index (χ2v) is 4.37. The van der Waals surface area contributed by atoms with Crippen molar-refractivity contribution in [2.75, 3.05) is 0 Å². The fourth-order valence-corrected chi connectivity index (χ4v) is 1.94. The SMILES string of the molecule is C.CC.CC(C)C1(C)CCCCC1. The molecule has 0 aromatic carbocycles. The van der Waals surface area contributed by atoms with Gasteiger partial charge in [0.2, 0.25) is 0 Å². The molecule has 0 amide bonds. The lowest BCUT2D eigenvalue weighted by Crippen LogP contribution is -2.25. The molecule has 1 aliphatic carbocycles. The quantitative estimate of drug-likeness (QED) is 0.523. The van der Waals surface area contributed by atoms with E-state index in [1.54, 1.807) is 0 Å². The van der Waals surface area contributed by atoms with Gasteiger partial charge >= 0.3 is 0 Å². The van der Waals surface area contributed by atoms with Crippen molar-refractivity contribution >= 4 is 0 Å². The molecule has 0 aromatic heterocycles. The zero-order valence-corrected chi connectivity index (χ0v) is 9.61. The normalized spacial score (nSPS) is 19.8. The van der Waals surface area contributed by atoms with Crippen LogP contribution in [0.25, 0.3) is 0 Å². The molecule has 82 valence electrons. The van der Waals surface area contributed by atoms with E-state index in [1.165, 1.54) is 32.1 Å². The van der Waals surface area contributed by atoms with E-state index in [1.807, 2.05) is 13.8 Å². The zero-order chi connectivity index (χ0) is 9.61. The largest absolute Gasteiger partial charge is 0.0776 e. The lowest BCUT2D eigenvalue weighted by Gasteiger charge is -2.37. The first-order valence-corrected chi connectivity index (χ1v) is 5.65. The van der Waals surface area contributed by atoms with Crippen LogP contribution in [0.3, 0.4) is 0 Å². The van der Waals surface area contributed by atoms with Gasteiger partial charge < -0.3 is 0 Å². The zero-order valence-electron chi connectivity index (χ0n) is 9.61. The highest BCUT2D eigenvalue weighted by Crippen LogP contribution is 2.41.